The van der Waals surface area contributed by atoms with Gasteiger partial charge in [0.2, 0.25) is 5.95 Å². The van der Waals surface area contributed by atoms with Gasteiger partial charge in [0.05, 0.1) is 18.1 Å². The molecule has 2 rings (SSSR count). The van der Waals surface area contributed by atoms with Crippen LogP contribution in [0.3, 0.4) is 0 Å². The van der Waals surface area contributed by atoms with Gasteiger partial charge in [0.25, 0.3) is 0 Å². The van der Waals surface area contributed by atoms with E-state index >= 15 is 0 Å². The summed E-state index contributed by atoms with van der Waals surface area (Å²) in [5.41, 5.74) is 0. The van der Waals surface area contributed by atoms with Gasteiger partial charge >= 0.3 is 0 Å². The summed E-state index contributed by atoms with van der Waals surface area (Å²) in [6.07, 6.45) is 0.253. The van der Waals surface area contributed by atoms with Gasteiger partial charge in [-0.05, 0) is 33.8 Å². The average Bonchev–Trinajstić information content (AvgIpc) is 2.75. The second-order valence-electron chi connectivity index (χ2n) is 4.85. The topological polar surface area (TPSA) is 59.1 Å². The van der Waals surface area contributed by atoms with Crippen LogP contribution >= 0.6 is 11.3 Å². The number of hydrogen-bond donors (Lipinski definition) is 2. The van der Waals surface area contributed by atoms with Crippen LogP contribution in [0.5, 0.6) is 0 Å². The molecule has 0 amide bonds. The Balaban J connectivity index is 2.16. The highest BCUT2D eigenvalue weighted by Gasteiger charge is 2.10. The van der Waals surface area contributed by atoms with Gasteiger partial charge in [-0.1, -0.05) is 0 Å². The molecule has 0 fully saturated rings. The highest BCUT2D eigenvalue weighted by molar-refractivity contribution is 7.18. The van der Waals surface area contributed by atoms with Crippen molar-refractivity contribution in [3.05, 3.63) is 10.9 Å². The lowest BCUT2D eigenvalue weighted by atomic mass is 10.3. The van der Waals surface area contributed by atoms with Crippen molar-refractivity contribution >= 4 is 33.3 Å². The van der Waals surface area contributed by atoms with Crippen LogP contribution in [0.1, 0.15) is 25.6 Å². The molecule has 0 radical (unpaired) electrons. The standard InChI is InChI=1S/C14H22N4OS/c1-5-15-14-17-12(16-6-7-19-9(2)3)11-8-10(4)20-13(11)18-14/h8-9H,5-7H2,1-4H3,(H2,15,16,17,18). The first-order valence-electron chi connectivity index (χ1n) is 6.97. The molecule has 5 nitrogen and oxygen atoms in total. The fourth-order valence-electron chi connectivity index (χ4n) is 1.88. The van der Waals surface area contributed by atoms with E-state index in [1.165, 1.54) is 4.88 Å². The van der Waals surface area contributed by atoms with Crippen molar-refractivity contribution < 1.29 is 4.74 Å². The SMILES string of the molecule is CCNc1nc(NCCOC(C)C)c2cc(C)sc2n1. The van der Waals surface area contributed by atoms with E-state index < -0.39 is 0 Å². The Bertz CT molecular complexity index is 568. The van der Waals surface area contributed by atoms with Crippen LogP contribution in [0, 0.1) is 6.92 Å². The van der Waals surface area contributed by atoms with Crippen molar-refractivity contribution in [2.45, 2.75) is 33.8 Å². The molecule has 110 valence electrons. The van der Waals surface area contributed by atoms with Crippen molar-refractivity contribution in [1.82, 2.24) is 9.97 Å². The summed E-state index contributed by atoms with van der Waals surface area (Å²) >= 11 is 1.69. The van der Waals surface area contributed by atoms with E-state index in [1.54, 1.807) is 11.3 Å². The minimum Gasteiger partial charge on any atom is -0.377 e. The molecule has 20 heavy (non-hydrogen) atoms. The third-order valence-corrected chi connectivity index (χ3v) is 3.64. The molecule has 0 aromatic carbocycles. The minimum absolute atomic E-state index is 0.253. The number of nitrogens with one attached hydrogen (secondary N) is 2. The van der Waals surface area contributed by atoms with Gasteiger partial charge in [0.1, 0.15) is 10.6 Å². The molecule has 2 N–H and O–H groups in total. The maximum Gasteiger partial charge on any atom is 0.226 e. The maximum atomic E-state index is 5.54. The van der Waals surface area contributed by atoms with Gasteiger partial charge in [-0.25, -0.2) is 4.98 Å². The predicted molar refractivity (Wildman–Crippen MR) is 85.9 cm³/mol. The average molecular weight is 294 g/mol. The molecule has 2 aromatic heterocycles. The smallest absolute Gasteiger partial charge is 0.226 e. The molecule has 6 heteroatoms. The largest absolute Gasteiger partial charge is 0.377 e. The number of nitrogens with zero attached hydrogens (tertiary/aromatic N) is 2. The molecule has 0 saturated carbocycles. The van der Waals surface area contributed by atoms with Crippen molar-refractivity contribution in [2.24, 2.45) is 0 Å². The molecule has 0 unspecified atom stereocenters. The molecule has 2 heterocycles. The number of rotatable bonds is 7. The molecule has 0 atom stereocenters. The van der Waals surface area contributed by atoms with Gasteiger partial charge in [-0.3, -0.25) is 0 Å². The molecule has 0 saturated heterocycles. The predicted octanol–water partition coefficient (Wildman–Crippen LogP) is 3.27. The van der Waals surface area contributed by atoms with Crippen molar-refractivity contribution in [1.29, 1.82) is 0 Å². The van der Waals surface area contributed by atoms with Crippen molar-refractivity contribution in [3.63, 3.8) is 0 Å². The number of hydrogen-bond acceptors (Lipinski definition) is 6. The number of aryl methyl sites for hydroxylation is 1. The first-order chi connectivity index (χ1) is 9.60. The lowest BCUT2D eigenvalue weighted by Crippen LogP contribution is -2.14. The number of aromatic nitrogens is 2. The monoisotopic (exact) mass is 294 g/mol. The number of anilines is 2. The van der Waals surface area contributed by atoms with E-state index in [0.717, 1.165) is 29.1 Å². The minimum atomic E-state index is 0.253. The van der Waals surface area contributed by atoms with E-state index in [2.05, 4.69) is 33.6 Å². The second-order valence-corrected chi connectivity index (χ2v) is 6.08. The molecule has 0 spiro atoms. The van der Waals surface area contributed by atoms with Gasteiger partial charge in [-0.15, -0.1) is 11.3 Å². The molecule has 0 aliphatic heterocycles. The van der Waals surface area contributed by atoms with Gasteiger partial charge in [0, 0.05) is 18.0 Å². The van der Waals surface area contributed by atoms with Crippen LogP contribution in [-0.2, 0) is 4.74 Å². The van der Waals surface area contributed by atoms with E-state index in [9.17, 15) is 0 Å². The summed E-state index contributed by atoms with van der Waals surface area (Å²) in [6, 6.07) is 2.13. The summed E-state index contributed by atoms with van der Waals surface area (Å²) in [7, 11) is 0. The molecule has 0 bridgehead atoms. The highest BCUT2D eigenvalue weighted by atomic mass is 32.1. The van der Waals surface area contributed by atoms with Gasteiger partial charge in [-0.2, -0.15) is 4.98 Å². The third-order valence-electron chi connectivity index (χ3n) is 2.70. The second kappa shape index (κ2) is 6.85. The molecule has 0 aliphatic rings. The van der Waals surface area contributed by atoms with Crippen LogP contribution < -0.4 is 10.6 Å². The molecule has 0 aliphatic carbocycles. The zero-order chi connectivity index (χ0) is 14.5. The van der Waals surface area contributed by atoms with Gasteiger partial charge < -0.3 is 15.4 Å². The van der Waals surface area contributed by atoms with E-state index in [-0.39, 0.29) is 6.10 Å². The normalized spacial score (nSPS) is 11.2. The Morgan fingerprint density at radius 2 is 2.10 bits per heavy atom. The van der Waals surface area contributed by atoms with E-state index in [0.29, 0.717) is 12.6 Å². The Labute approximate surface area is 123 Å². The Morgan fingerprint density at radius 1 is 1.30 bits per heavy atom. The summed E-state index contributed by atoms with van der Waals surface area (Å²) in [5, 5.41) is 7.60. The first kappa shape index (κ1) is 15.0. The van der Waals surface area contributed by atoms with E-state index in [4.69, 9.17) is 4.74 Å². The Hall–Kier alpha value is -1.40. The lowest BCUT2D eigenvalue weighted by Gasteiger charge is -2.11. The Morgan fingerprint density at radius 3 is 2.80 bits per heavy atom. The zero-order valence-corrected chi connectivity index (χ0v) is 13.3. The summed E-state index contributed by atoms with van der Waals surface area (Å²) in [5.74, 6) is 1.55. The summed E-state index contributed by atoms with van der Waals surface area (Å²) in [6.45, 7) is 10.4. The number of thiophene rings is 1. The van der Waals surface area contributed by atoms with E-state index in [1.807, 2.05) is 20.8 Å². The fourth-order valence-corrected chi connectivity index (χ4v) is 2.76. The fraction of sp³-hybridized carbons (Fsp3) is 0.571. The molecular formula is C14H22N4OS. The third kappa shape index (κ3) is 3.80. The van der Waals surface area contributed by atoms with Crippen molar-refractivity contribution in [2.75, 3.05) is 30.3 Å². The Kier molecular flexibility index (Phi) is 5.14. The lowest BCUT2D eigenvalue weighted by molar-refractivity contribution is 0.0870. The van der Waals surface area contributed by atoms with Crippen LogP contribution in [0.2, 0.25) is 0 Å². The number of ether oxygens (including phenoxy) is 1. The van der Waals surface area contributed by atoms with Crippen LogP contribution in [-0.4, -0.2) is 35.8 Å². The maximum absolute atomic E-state index is 5.54. The van der Waals surface area contributed by atoms with Gasteiger partial charge in [0.15, 0.2) is 0 Å². The van der Waals surface area contributed by atoms with Crippen LogP contribution in [0.4, 0.5) is 11.8 Å². The molecular weight excluding hydrogens is 272 g/mol. The summed E-state index contributed by atoms with van der Waals surface area (Å²) < 4.78 is 5.54. The van der Waals surface area contributed by atoms with Crippen molar-refractivity contribution in [3.8, 4) is 0 Å². The zero-order valence-electron chi connectivity index (χ0n) is 12.5. The van der Waals surface area contributed by atoms with Crippen LogP contribution in [0.15, 0.2) is 6.07 Å². The number of fused-ring (bicyclic) bond motifs is 1. The quantitative estimate of drug-likeness (QED) is 0.768. The molecule has 2 aromatic rings. The first-order valence-corrected chi connectivity index (χ1v) is 7.79. The summed E-state index contributed by atoms with van der Waals surface area (Å²) in [4.78, 5) is 11.3. The van der Waals surface area contributed by atoms with Crippen LogP contribution in [0.25, 0.3) is 10.2 Å². The highest BCUT2D eigenvalue weighted by Crippen LogP contribution is 2.29.